The Balaban J connectivity index is 1.41. The van der Waals surface area contributed by atoms with Crippen LogP contribution in [0.5, 0.6) is 0 Å². The topological polar surface area (TPSA) is 98.0 Å². The quantitative estimate of drug-likeness (QED) is 0.339. The summed E-state index contributed by atoms with van der Waals surface area (Å²) in [5, 5.41) is 10.5. The number of benzene rings is 2. The Kier molecular flexibility index (Phi) is 6.55. The number of alkyl halides is 3. The van der Waals surface area contributed by atoms with Crippen molar-refractivity contribution in [3.8, 4) is 22.7 Å². The molecule has 0 atom stereocenters. The molecular formula is C23H17F3N4O3S. The minimum Gasteiger partial charge on any atom is -0.421 e. The zero-order chi connectivity index (χ0) is 24.3. The number of aromatic nitrogens is 3. The fourth-order valence-electron chi connectivity index (χ4n) is 3.11. The molecule has 2 aromatic carbocycles. The van der Waals surface area contributed by atoms with Crippen LogP contribution in [0.4, 0.5) is 18.3 Å². The molecule has 0 bridgehead atoms. The molecule has 4 rings (SSSR count). The maximum atomic E-state index is 12.9. The lowest BCUT2D eigenvalue weighted by Gasteiger charge is -2.06. The van der Waals surface area contributed by atoms with Crippen LogP contribution in [0.2, 0.25) is 0 Å². The largest absolute Gasteiger partial charge is 0.421 e. The van der Waals surface area contributed by atoms with E-state index in [1.165, 1.54) is 19.1 Å². The van der Waals surface area contributed by atoms with Crippen LogP contribution in [0.3, 0.4) is 0 Å². The average Bonchev–Trinajstić information content (AvgIpc) is 3.45. The highest BCUT2D eigenvalue weighted by atomic mass is 32.1. The Morgan fingerprint density at radius 1 is 1.03 bits per heavy atom. The first-order valence-electron chi connectivity index (χ1n) is 10.1. The van der Waals surface area contributed by atoms with Gasteiger partial charge in [0.25, 0.3) is 0 Å². The standard InChI is InChI=1S/C23H17F3N4O3S/c1-13(31)20-19(14-6-3-2-4-7-14)28-22(34-20)27-17(32)10-11-18-29-30-21(33-18)15-8-5-9-16(12-15)23(24,25)26/h2-9,12H,10-11H2,1H3,(H,27,28,32). The molecule has 0 spiro atoms. The van der Waals surface area contributed by atoms with E-state index in [0.29, 0.717) is 10.6 Å². The summed E-state index contributed by atoms with van der Waals surface area (Å²) in [6, 6.07) is 13.7. The smallest absolute Gasteiger partial charge is 0.416 e. The summed E-state index contributed by atoms with van der Waals surface area (Å²) in [6.07, 6.45) is -4.44. The van der Waals surface area contributed by atoms with Gasteiger partial charge in [-0.05, 0) is 18.2 Å². The number of carbonyl (C=O) groups is 2. The van der Waals surface area contributed by atoms with Crippen molar-refractivity contribution in [1.29, 1.82) is 0 Å². The number of hydrogen-bond acceptors (Lipinski definition) is 7. The Morgan fingerprint density at radius 3 is 2.47 bits per heavy atom. The molecule has 0 aliphatic rings. The van der Waals surface area contributed by atoms with Gasteiger partial charge in [0.1, 0.15) is 0 Å². The van der Waals surface area contributed by atoms with Crippen molar-refractivity contribution in [2.24, 2.45) is 0 Å². The van der Waals surface area contributed by atoms with Crippen molar-refractivity contribution >= 4 is 28.2 Å². The second-order valence-electron chi connectivity index (χ2n) is 7.25. The number of anilines is 1. The van der Waals surface area contributed by atoms with E-state index < -0.39 is 11.7 Å². The number of hydrogen-bond donors (Lipinski definition) is 1. The minimum absolute atomic E-state index is 0.0279. The first kappa shape index (κ1) is 23.3. The second kappa shape index (κ2) is 9.56. The van der Waals surface area contributed by atoms with Gasteiger partial charge in [-0.3, -0.25) is 9.59 Å². The predicted molar refractivity (Wildman–Crippen MR) is 119 cm³/mol. The lowest BCUT2D eigenvalue weighted by atomic mass is 10.1. The molecule has 0 fully saturated rings. The lowest BCUT2D eigenvalue weighted by Crippen LogP contribution is -2.12. The van der Waals surface area contributed by atoms with Crippen molar-refractivity contribution in [1.82, 2.24) is 15.2 Å². The molecule has 2 aromatic heterocycles. The number of carbonyl (C=O) groups excluding carboxylic acids is 2. The van der Waals surface area contributed by atoms with E-state index in [1.807, 2.05) is 30.3 Å². The van der Waals surface area contributed by atoms with Crippen molar-refractivity contribution in [3.05, 3.63) is 70.9 Å². The summed E-state index contributed by atoms with van der Waals surface area (Å²) in [6.45, 7) is 1.43. The van der Waals surface area contributed by atoms with Gasteiger partial charge in [-0.25, -0.2) is 4.98 Å². The maximum absolute atomic E-state index is 12.9. The molecule has 0 aliphatic carbocycles. The van der Waals surface area contributed by atoms with Crippen LogP contribution in [0.25, 0.3) is 22.7 Å². The Hall–Kier alpha value is -3.86. The zero-order valence-corrected chi connectivity index (χ0v) is 18.5. The molecule has 0 aliphatic heterocycles. The van der Waals surface area contributed by atoms with E-state index in [4.69, 9.17) is 4.42 Å². The number of nitrogens with one attached hydrogen (secondary N) is 1. The van der Waals surface area contributed by atoms with E-state index in [0.717, 1.165) is 29.0 Å². The van der Waals surface area contributed by atoms with Crippen LogP contribution in [0, 0.1) is 0 Å². The highest BCUT2D eigenvalue weighted by Gasteiger charge is 2.31. The summed E-state index contributed by atoms with van der Waals surface area (Å²) in [5.41, 5.74) is 0.562. The molecular weight excluding hydrogens is 469 g/mol. The third-order valence-electron chi connectivity index (χ3n) is 4.71. The Morgan fingerprint density at radius 2 is 1.76 bits per heavy atom. The average molecular weight is 486 g/mol. The molecule has 0 unspecified atom stereocenters. The molecule has 4 aromatic rings. The van der Waals surface area contributed by atoms with E-state index in [1.54, 1.807) is 0 Å². The fraction of sp³-hybridized carbons (Fsp3) is 0.174. The van der Waals surface area contributed by atoms with Crippen molar-refractivity contribution in [3.63, 3.8) is 0 Å². The molecule has 7 nitrogen and oxygen atoms in total. The summed E-state index contributed by atoms with van der Waals surface area (Å²) >= 11 is 1.08. The van der Waals surface area contributed by atoms with E-state index in [-0.39, 0.29) is 47.0 Å². The van der Waals surface area contributed by atoms with Gasteiger partial charge in [-0.2, -0.15) is 13.2 Å². The molecule has 0 saturated heterocycles. The monoisotopic (exact) mass is 486 g/mol. The van der Waals surface area contributed by atoms with Gasteiger partial charge in [-0.1, -0.05) is 47.7 Å². The van der Waals surface area contributed by atoms with Crippen molar-refractivity contribution < 1.29 is 27.2 Å². The molecule has 2 heterocycles. The maximum Gasteiger partial charge on any atom is 0.416 e. The number of thiazole rings is 1. The van der Waals surface area contributed by atoms with Gasteiger partial charge in [0.2, 0.25) is 17.7 Å². The molecule has 34 heavy (non-hydrogen) atoms. The number of aryl methyl sites for hydroxylation is 1. The third-order valence-corrected chi connectivity index (χ3v) is 5.78. The van der Waals surface area contributed by atoms with Crippen LogP contribution >= 0.6 is 11.3 Å². The molecule has 174 valence electrons. The number of nitrogens with zero attached hydrogens (tertiary/aromatic N) is 3. The Bertz CT molecular complexity index is 1330. The van der Waals surface area contributed by atoms with Gasteiger partial charge in [0.15, 0.2) is 10.9 Å². The van der Waals surface area contributed by atoms with E-state index in [9.17, 15) is 22.8 Å². The van der Waals surface area contributed by atoms with Crippen molar-refractivity contribution in [2.45, 2.75) is 25.9 Å². The first-order valence-corrected chi connectivity index (χ1v) is 10.9. The zero-order valence-electron chi connectivity index (χ0n) is 17.7. The molecule has 1 N–H and O–H groups in total. The second-order valence-corrected chi connectivity index (χ2v) is 8.25. The van der Waals surface area contributed by atoms with Crippen LogP contribution in [0.1, 0.15) is 34.5 Å². The number of rotatable bonds is 7. The SMILES string of the molecule is CC(=O)c1sc(NC(=O)CCc2nnc(-c3cccc(C(F)(F)F)c3)o2)nc1-c1ccccc1. The summed E-state index contributed by atoms with van der Waals surface area (Å²) in [4.78, 5) is 29.2. The van der Waals surface area contributed by atoms with E-state index >= 15 is 0 Å². The summed E-state index contributed by atoms with van der Waals surface area (Å²) in [5.74, 6) is -0.511. The van der Waals surface area contributed by atoms with Gasteiger partial charge in [-0.15, -0.1) is 10.2 Å². The van der Waals surface area contributed by atoms with Crippen LogP contribution in [-0.2, 0) is 17.4 Å². The summed E-state index contributed by atoms with van der Waals surface area (Å²) < 4.78 is 44.2. The minimum atomic E-state index is -4.49. The number of halogens is 3. The highest BCUT2D eigenvalue weighted by molar-refractivity contribution is 7.18. The predicted octanol–water partition coefficient (Wildman–Crippen LogP) is 5.65. The number of amides is 1. The van der Waals surface area contributed by atoms with Gasteiger partial charge in [0.05, 0.1) is 16.1 Å². The molecule has 1 amide bonds. The fourth-order valence-corrected chi connectivity index (χ4v) is 4.01. The van der Waals surface area contributed by atoms with Crippen molar-refractivity contribution in [2.75, 3.05) is 5.32 Å². The lowest BCUT2D eigenvalue weighted by molar-refractivity contribution is -0.137. The number of Topliss-reactive ketones (excluding diaryl/α,β-unsaturated/α-hetero) is 1. The molecule has 0 saturated carbocycles. The normalized spacial score (nSPS) is 11.4. The van der Waals surface area contributed by atoms with Gasteiger partial charge >= 0.3 is 6.18 Å². The molecule has 0 radical (unpaired) electrons. The number of ketones is 1. The van der Waals surface area contributed by atoms with E-state index in [2.05, 4.69) is 20.5 Å². The van der Waals surface area contributed by atoms with Gasteiger partial charge in [0, 0.05) is 30.9 Å². The van der Waals surface area contributed by atoms with Crippen LogP contribution < -0.4 is 5.32 Å². The van der Waals surface area contributed by atoms with Crippen LogP contribution in [-0.4, -0.2) is 26.9 Å². The summed E-state index contributed by atoms with van der Waals surface area (Å²) in [7, 11) is 0. The molecule has 11 heteroatoms. The highest BCUT2D eigenvalue weighted by Crippen LogP contribution is 2.33. The Labute approximate surface area is 195 Å². The van der Waals surface area contributed by atoms with Gasteiger partial charge < -0.3 is 9.73 Å². The van der Waals surface area contributed by atoms with Crippen LogP contribution in [0.15, 0.2) is 59.0 Å². The first-order chi connectivity index (χ1) is 16.2. The third kappa shape index (κ3) is 5.37.